The van der Waals surface area contributed by atoms with Gasteiger partial charge in [-0.05, 0) is 24.3 Å². The molecule has 142 valence electrons. The van der Waals surface area contributed by atoms with Gasteiger partial charge < -0.3 is 13.7 Å². The van der Waals surface area contributed by atoms with Gasteiger partial charge in [-0.3, -0.25) is 0 Å². The third-order valence-corrected chi connectivity index (χ3v) is 9.45. The Hall–Kier alpha value is 0.490. The molecule has 0 amide bonds. The van der Waals surface area contributed by atoms with Crippen molar-refractivity contribution in [2.45, 2.75) is 35.7 Å². The van der Waals surface area contributed by atoms with Gasteiger partial charge >= 0.3 is 59.1 Å². The second-order valence-corrected chi connectivity index (χ2v) is 13.0. The van der Waals surface area contributed by atoms with Crippen molar-refractivity contribution in [3.05, 3.63) is 48.5 Å². The normalized spacial score (nSPS) is 12.6. The first-order valence-corrected chi connectivity index (χ1v) is 11.9. The number of rotatable bonds is 4. The summed E-state index contributed by atoms with van der Waals surface area (Å²) in [5.74, 6) is 0. The van der Waals surface area contributed by atoms with Crippen LogP contribution in [0.2, 0.25) is 0 Å². The molecule has 0 aliphatic carbocycles. The quantitative estimate of drug-likeness (QED) is 0.255. The van der Waals surface area contributed by atoms with E-state index in [1.807, 2.05) is 0 Å². The maximum absolute atomic E-state index is 14.0. The van der Waals surface area contributed by atoms with Crippen LogP contribution in [-0.2, 0) is 24.8 Å². The zero-order chi connectivity index (χ0) is 20.0. The van der Waals surface area contributed by atoms with Gasteiger partial charge in [-0.15, -0.1) is 0 Å². The molecule has 0 aromatic heterocycles. The van der Waals surface area contributed by atoms with Gasteiger partial charge in [0.05, 0.1) is 9.79 Å². The minimum absolute atomic E-state index is 0. The Labute approximate surface area is 209 Å². The first-order chi connectivity index (χ1) is 11.7. The summed E-state index contributed by atoms with van der Waals surface area (Å²) in [6.45, 7) is 4.93. The molecule has 0 fully saturated rings. The molecule has 0 saturated carbocycles. The Morgan fingerprint density at radius 3 is 1.32 bits per heavy atom. The zero-order valence-electron chi connectivity index (χ0n) is 16.2. The van der Waals surface area contributed by atoms with Crippen LogP contribution in [0.3, 0.4) is 0 Å². The fourth-order valence-corrected chi connectivity index (χ4v) is 6.88. The van der Waals surface area contributed by atoms with Crippen molar-refractivity contribution in [3.63, 3.8) is 0 Å². The van der Waals surface area contributed by atoms with Gasteiger partial charge in [0.1, 0.15) is 27.4 Å². The molecule has 0 spiro atoms. The van der Waals surface area contributed by atoms with Crippen LogP contribution in [0.1, 0.15) is 20.8 Å². The fraction of sp³-hybridized carbons (Fsp3) is 0.250. The predicted molar refractivity (Wildman–Crippen MR) is 95.4 cm³/mol. The summed E-state index contributed by atoms with van der Waals surface area (Å²) >= 11 is 0. The maximum atomic E-state index is 14.0. The maximum Gasteiger partial charge on any atom is 1.00 e. The van der Waals surface area contributed by atoms with E-state index in [-0.39, 0.29) is 69.7 Å². The third-order valence-electron chi connectivity index (χ3n) is 3.88. The Morgan fingerprint density at radius 2 is 1.07 bits per heavy atom. The Bertz CT molecular complexity index is 1030. The summed E-state index contributed by atoms with van der Waals surface area (Å²) in [6, 6.07) is 9.69. The van der Waals surface area contributed by atoms with Crippen LogP contribution in [0, 0.1) is 0 Å². The molecule has 12 heteroatoms. The summed E-state index contributed by atoms with van der Waals surface area (Å²) in [7, 11) is -13.1. The molecule has 0 radical (unpaired) electrons. The van der Waals surface area contributed by atoms with Gasteiger partial charge in [0, 0.05) is 15.8 Å². The molecule has 0 unspecified atom stereocenters. The van der Waals surface area contributed by atoms with E-state index in [4.69, 9.17) is 0 Å². The van der Waals surface area contributed by atoms with Gasteiger partial charge in [-0.2, -0.15) is 0 Å². The molecule has 0 saturated heterocycles. The minimum Gasteiger partial charge on any atom is -0.744 e. The van der Waals surface area contributed by atoms with Crippen LogP contribution < -0.4 is 69.7 Å². The molecule has 28 heavy (non-hydrogen) atoms. The van der Waals surface area contributed by atoms with Crippen molar-refractivity contribution in [1.82, 2.24) is 0 Å². The van der Waals surface area contributed by atoms with Crippen molar-refractivity contribution < 1.29 is 89.6 Å². The van der Waals surface area contributed by atoms with Crippen LogP contribution >= 0.6 is 7.14 Å². The van der Waals surface area contributed by atoms with Crippen LogP contribution in [0.4, 0.5) is 0 Å². The van der Waals surface area contributed by atoms with Gasteiger partial charge in [-0.25, -0.2) is 16.8 Å². The second kappa shape index (κ2) is 9.75. The molecule has 2 aromatic rings. The van der Waals surface area contributed by atoms with E-state index in [1.54, 1.807) is 20.8 Å². The van der Waals surface area contributed by atoms with Crippen LogP contribution in [0.25, 0.3) is 0 Å². The first-order valence-electron chi connectivity index (χ1n) is 7.40. The summed E-state index contributed by atoms with van der Waals surface area (Å²) < 4.78 is 81.9. The van der Waals surface area contributed by atoms with E-state index in [0.717, 1.165) is 24.3 Å². The standard InChI is InChI=1S/C16H19O7PS2.2Na/c1-16(2,3)24(17,12-6-4-8-14(10-12)25(18,19)20)13-7-5-9-15(11-13)26(21,22)23;;/h4-11H,1-3H3,(H,18,19,20)(H,21,22,23);;/q;2*+1/p-2. The molecule has 0 heterocycles. The van der Waals surface area contributed by atoms with Crippen LogP contribution in [-0.4, -0.2) is 31.1 Å². The molecule has 0 atom stereocenters. The first kappa shape index (κ1) is 28.5. The molecule has 0 aliphatic heterocycles. The molecule has 7 nitrogen and oxygen atoms in total. The monoisotopic (exact) mass is 462 g/mol. The largest absolute Gasteiger partial charge is 1.00 e. The number of benzene rings is 2. The summed E-state index contributed by atoms with van der Waals surface area (Å²) in [6.07, 6.45) is 0. The number of hydrogen-bond donors (Lipinski definition) is 0. The Balaban J connectivity index is 0.00000364. The zero-order valence-corrected chi connectivity index (χ0v) is 22.8. The minimum atomic E-state index is -4.76. The Morgan fingerprint density at radius 1 is 0.750 bits per heavy atom. The van der Waals surface area contributed by atoms with Crippen molar-refractivity contribution in [2.24, 2.45) is 0 Å². The van der Waals surface area contributed by atoms with E-state index in [1.165, 1.54) is 24.3 Å². The summed E-state index contributed by atoms with van der Waals surface area (Å²) in [5, 5.41) is -0.770. The van der Waals surface area contributed by atoms with Crippen molar-refractivity contribution in [3.8, 4) is 0 Å². The van der Waals surface area contributed by atoms with Gasteiger partial charge in [0.15, 0.2) is 0 Å². The predicted octanol–water partition coefficient (Wildman–Crippen LogP) is -4.38. The molecule has 0 bridgehead atoms. The van der Waals surface area contributed by atoms with E-state index in [0.29, 0.717) is 0 Å². The Kier molecular flexibility index (Phi) is 9.92. The van der Waals surface area contributed by atoms with E-state index in [9.17, 15) is 30.5 Å². The molecular weight excluding hydrogens is 445 g/mol. The topological polar surface area (TPSA) is 131 Å². The van der Waals surface area contributed by atoms with E-state index >= 15 is 0 Å². The summed E-state index contributed by atoms with van der Waals surface area (Å²) in [4.78, 5) is -1.07. The van der Waals surface area contributed by atoms with E-state index in [2.05, 4.69) is 0 Å². The SMILES string of the molecule is CC(C)(C)P(=O)(c1cccc(S(=O)(=O)[O-])c1)c1cccc(S(=O)(=O)[O-])c1.[Na+].[Na+]. The van der Waals surface area contributed by atoms with Gasteiger partial charge in [-0.1, -0.05) is 45.0 Å². The second-order valence-electron chi connectivity index (χ2n) is 6.68. The molecule has 2 rings (SSSR count). The average Bonchev–Trinajstić information content (AvgIpc) is 2.51. The van der Waals surface area contributed by atoms with Crippen LogP contribution in [0.5, 0.6) is 0 Å². The van der Waals surface area contributed by atoms with Crippen molar-refractivity contribution in [2.75, 3.05) is 0 Å². The van der Waals surface area contributed by atoms with Gasteiger partial charge in [0.2, 0.25) is 0 Å². The smallest absolute Gasteiger partial charge is 0.744 e. The molecule has 2 aromatic carbocycles. The van der Waals surface area contributed by atoms with E-state index < -0.39 is 42.3 Å². The van der Waals surface area contributed by atoms with Gasteiger partial charge in [0.25, 0.3) is 0 Å². The molecule has 0 N–H and O–H groups in total. The van der Waals surface area contributed by atoms with Crippen molar-refractivity contribution >= 4 is 38.0 Å². The summed E-state index contributed by atoms with van der Waals surface area (Å²) in [5.41, 5.74) is 0. The third kappa shape index (κ3) is 6.02. The van der Waals surface area contributed by atoms with Crippen molar-refractivity contribution in [1.29, 1.82) is 0 Å². The molecule has 0 aliphatic rings. The fourth-order valence-electron chi connectivity index (χ4n) is 2.59. The average molecular weight is 462 g/mol. The number of hydrogen-bond acceptors (Lipinski definition) is 7. The molecular formula is C16H17Na2O7PS2. The van der Waals surface area contributed by atoms with Crippen LogP contribution in [0.15, 0.2) is 58.3 Å².